The van der Waals surface area contributed by atoms with Crippen LogP contribution < -0.4 is 4.74 Å². The summed E-state index contributed by atoms with van der Waals surface area (Å²) < 4.78 is 14.8. The van der Waals surface area contributed by atoms with E-state index < -0.39 is 17.8 Å². The van der Waals surface area contributed by atoms with Crippen molar-refractivity contribution in [2.75, 3.05) is 33.9 Å². The average Bonchev–Trinajstić information content (AvgIpc) is 3.16. The first-order valence-corrected chi connectivity index (χ1v) is 9.44. The number of amides is 1. The van der Waals surface area contributed by atoms with Crippen molar-refractivity contribution in [2.45, 2.75) is 13.3 Å². The Balaban J connectivity index is 2.15. The van der Waals surface area contributed by atoms with E-state index in [9.17, 15) is 14.4 Å². The number of esters is 2. The van der Waals surface area contributed by atoms with Gasteiger partial charge in [0.25, 0.3) is 0 Å². The summed E-state index contributed by atoms with van der Waals surface area (Å²) in [5.74, 6) is -0.954. The summed E-state index contributed by atoms with van der Waals surface area (Å²) >= 11 is 1.39. The number of aromatic nitrogens is 1. The molecule has 9 heteroatoms. The van der Waals surface area contributed by atoms with E-state index >= 15 is 0 Å². The summed E-state index contributed by atoms with van der Waals surface area (Å²) in [7, 11) is 2.43. The lowest BCUT2D eigenvalue weighted by atomic mass is 10.2. The molecule has 0 spiro atoms. The van der Waals surface area contributed by atoms with Gasteiger partial charge in [0.1, 0.15) is 23.8 Å². The molecule has 1 aromatic heterocycles. The molecule has 2 rings (SSSR count). The lowest BCUT2D eigenvalue weighted by molar-refractivity contribution is -0.151. The minimum Gasteiger partial charge on any atom is -0.493 e. The Morgan fingerprint density at radius 1 is 1.07 bits per heavy atom. The van der Waals surface area contributed by atoms with Gasteiger partial charge in [0, 0.05) is 5.38 Å². The van der Waals surface area contributed by atoms with Crippen LogP contribution in [-0.2, 0) is 30.3 Å². The second-order valence-electron chi connectivity index (χ2n) is 5.65. The number of hydrogen-bond acceptors (Lipinski definition) is 8. The fourth-order valence-corrected chi connectivity index (χ4v) is 3.23. The van der Waals surface area contributed by atoms with E-state index in [1.165, 1.54) is 25.6 Å². The number of rotatable bonds is 9. The smallest absolute Gasteiger partial charge is 0.325 e. The van der Waals surface area contributed by atoms with Crippen LogP contribution in [0, 0.1) is 0 Å². The molecule has 0 saturated carbocycles. The van der Waals surface area contributed by atoms with Gasteiger partial charge < -0.3 is 19.1 Å². The Hall–Kier alpha value is -2.94. The molecule has 1 aromatic carbocycles. The maximum absolute atomic E-state index is 12.6. The minimum atomic E-state index is -0.623. The van der Waals surface area contributed by atoms with Gasteiger partial charge >= 0.3 is 11.9 Å². The summed E-state index contributed by atoms with van der Waals surface area (Å²) in [4.78, 5) is 41.3. The highest BCUT2D eigenvalue weighted by molar-refractivity contribution is 7.13. The number of nitrogens with zero attached hydrogens (tertiary/aromatic N) is 2. The van der Waals surface area contributed by atoms with Crippen LogP contribution in [0.4, 0.5) is 0 Å². The highest BCUT2D eigenvalue weighted by Crippen LogP contribution is 2.32. The van der Waals surface area contributed by atoms with Gasteiger partial charge in [0.2, 0.25) is 5.91 Å². The molecule has 1 amide bonds. The van der Waals surface area contributed by atoms with Crippen LogP contribution in [0.25, 0.3) is 10.6 Å². The lowest BCUT2D eigenvalue weighted by Gasteiger charge is -2.19. The Morgan fingerprint density at radius 3 is 2.32 bits per heavy atom. The van der Waals surface area contributed by atoms with Crippen molar-refractivity contribution >= 4 is 29.2 Å². The van der Waals surface area contributed by atoms with Crippen molar-refractivity contribution in [2.24, 2.45) is 0 Å². The fraction of sp³-hybridized carbons (Fsp3) is 0.368. The Morgan fingerprint density at radius 2 is 1.71 bits per heavy atom. The zero-order chi connectivity index (χ0) is 20.5. The van der Waals surface area contributed by atoms with Crippen LogP contribution >= 0.6 is 11.3 Å². The second kappa shape index (κ2) is 10.4. The third-order valence-corrected chi connectivity index (χ3v) is 4.67. The molecule has 1 heterocycles. The van der Waals surface area contributed by atoms with Crippen LogP contribution in [0.3, 0.4) is 0 Å². The molecular weight excluding hydrogens is 384 g/mol. The third kappa shape index (κ3) is 5.78. The predicted octanol–water partition coefficient (Wildman–Crippen LogP) is 1.93. The summed E-state index contributed by atoms with van der Waals surface area (Å²) in [6.07, 6.45) is -0.0543. The molecule has 0 fully saturated rings. The van der Waals surface area contributed by atoms with Crippen molar-refractivity contribution < 1.29 is 28.6 Å². The second-order valence-corrected chi connectivity index (χ2v) is 6.51. The van der Waals surface area contributed by atoms with Crippen molar-refractivity contribution in [3.05, 3.63) is 35.3 Å². The van der Waals surface area contributed by atoms with Crippen molar-refractivity contribution in [3.63, 3.8) is 0 Å². The number of para-hydroxylation sites is 1. The number of benzene rings is 1. The number of carbonyl (C=O) groups is 3. The highest BCUT2D eigenvalue weighted by Gasteiger charge is 2.22. The largest absolute Gasteiger partial charge is 0.493 e. The maximum Gasteiger partial charge on any atom is 0.325 e. The van der Waals surface area contributed by atoms with Crippen molar-refractivity contribution in [3.8, 4) is 16.3 Å². The maximum atomic E-state index is 12.6. The summed E-state index contributed by atoms with van der Waals surface area (Å²) in [5, 5.41) is 2.49. The van der Waals surface area contributed by atoms with E-state index in [-0.39, 0.29) is 19.5 Å². The first-order valence-electron chi connectivity index (χ1n) is 8.56. The predicted molar refractivity (Wildman–Crippen MR) is 103 cm³/mol. The van der Waals surface area contributed by atoms with Gasteiger partial charge in [-0.1, -0.05) is 12.1 Å². The molecule has 0 unspecified atom stereocenters. The molecule has 0 N–H and O–H groups in total. The normalized spacial score (nSPS) is 10.2. The minimum absolute atomic E-state index is 0.0543. The summed E-state index contributed by atoms with van der Waals surface area (Å²) in [6.45, 7) is 1.76. The fourth-order valence-electron chi connectivity index (χ4n) is 2.38. The average molecular weight is 406 g/mol. The van der Waals surface area contributed by atoms with Crippen LogP contribution in [0.15, 0.2) is 29.6 Å². The van der Waals surface area contributed by atoms with Crippen LogP contribution in [0.1, 0.15) is 12.6 Å². The van der Waals surface area contributed by atoms with Crippen molar-refractivity contribution in [1.29, 1.82) is 0 Å². The van der Waals surface area contributed by atoms with Gasteiger partial charge in [0.15, 0.2) is 0 Å². The standard InChI is InChI=1S/C19H22N2O6S/c1-4-27-15-8-6-5-7-14(15)19-20-13(12-28-19)9-16(22)21(10-17(23)25-2)11-18(24)26-3/h5-8,12H,4,9-11H2,1-3H3. The topological polar surface area (TPSA) is 95.0 Å². The molecule has 0 aliphatic heterocycles. The van der Waals surface area contributed by atoms with Crippen LogP contribution in [0.5, 0.6) is 5.75 Å². The number of thiazole rings is 1. The van der Waals surface area contributed by atoms with Gasteiger partial charge in [0.05, 0.1) is 38.5 Å². The van der Waals surface area contributed by atoms with E-state index in [1.807, 2.05) is 31.2 Å². The SMILES string of the molecule is CCOc1ccccc1-c1nc(CC(=O)N(CC(=O)OC)CC(=O)OC)cs1. The van der Waals surface area contributed by atoms with Crippen LogP contribution in [0.2, 0.25) is 0 Å². The van der Waals surface area contributed by atoms with Gasteiger partial charge in [-0.2, -0.15) is 0 Å². The molecule has 8 nitrogen and oxygen atoms in total. The van der Waals surface area contributed by atoms with E-state index in [0.29, 0.717) is 12.3 Å². The van der Waals surface area contributed by atoms with E-state index in [0.717, 1.165) is 21.2 Å². The van der Waals surface area contributed by atoms with E-state index in [4.69, 9.17) is 4.74 Å². The lowest BCUT2D eigenvalue weighted by Crippen LogP contribution is -2.41. The summed E-state index contributed by atoms with van der Waals surface area (Å²) in [5.41, 5.74) is 1.38. The van der Waals surface area contributed by atoms with Crippen molar-refractivity contribution in [1.82, 2.24) is 9.88 Å². The molecule has 0 bridgehead atoms. The Kier molecular flexibility index (Phi) is 7.94. The van der Waals surface area contributed by atoms with E-state index in [2.05, 4.69) is 14.5 Å². The van der Waals surface area contributed by atoms with Gasteiger partial charge in [-0.25, -0.2) is 4.98 Å². The Labute approximate surface area is 167 Å². The number of carbonyl (C=O) groups excluding carboxylic acids is 3. The molecule has 0 atom stereocenters. The molecule has 150 valence electrons. The monoisotopic (exact) mass is 406 g/mol. The van der Waals surface area contributed by atoms with Gasteiger partial charge in [-0.15, -0.1) is 11.3 Å². The third-order valence-electron chi connectivity index (χ3n) is 3.75. The number of methoxy groups -OCH3 is 2. The zero-order valence-corrected chi connectivity index (χ0v) is 16.8. The Bertz CT molecular complexity index is 817. The molecular formula is C19H22N2O6S. The zero-order valence-electron chi connectivity index (χ0n) is 16.0. The first-order chi connectivity index (χ1) is 13.5. The highest BCUT2D eigenvalue weighted by atomic mass is 32.1. The van der Waals surface area contributed by atoms with Crippen LogP contribution in [-0.4, -0.2) is 61.6 Å². The number of ether oxygens (including phenoxy) is 3. The molecule has 0 saturated heterocycles. The molecule has 0 radical (unpaired) electrons. The first kappa shape index (κ1) is 21.4. The van der Waals surface area contributed by atoms with E-state index in [1.54, 1.807) is 5.38 Å². The van der Waals surface area contributed by atoms with Gasteiger partial charge in [-0.3, -0.25) is 14.4 Å². The number of hydrogen-bond donors (Lipinski definition) is 0. The quantitative estimate of drug-likeness (QED) is 0.587. The molecule has 28 heavy (non-hydrogen) atoms. The molecule has 0 aliphatic carbocycles. The molecule has 2 aromatic rings. The van der Waals surface area contributed by atoms with Gasteiger partial charge in [-0.05, 0) is 19.1 Å². The summed E-state index contributed by atoms with van der Waals surface area (Å²) in [6, 6.07) is 7.53. The molecule has 0 aliphatic rings.